The molecule has 0 aliphatic carbocycles. The molecule has 1 aromatic carbocycles. The first-order chi connectivity index (χ1) is 9.11. The molecular formula is C14H17N3O2. The van der Waals surface area contributed by atoms with Crippen LogP contribution < -0.4 is 11.1 Å². The van der Waals surface area contributed by atoms with Crippen molar-refractivity contribution >= 4 is 5.91 Å². The molecule has 5 nitrogen and oxygen atoms in total. The maximum absolute atomic E-state index is 12.0. The third-order valence-electron chi connectivity index (χ3n) is 3.36. The van der Waals surface area contributed by atoms with Crippen LogP contribution in [0.5, 0.6) is 0 Å². The first-order valence-electron chi connectivity index (χ1n) is 6.25. The van der Waals surface area contributed by atoms with Gasteiger partial charge in [0.1, 0.15) is 0 Å². The largest absolute Gasteiger partial charge is 0.379 e. The van der Waals surface area contributed by atoms with Crippen LogP contribution in [0.3, 0.4) is 0 Å². The van der Waals surface area contributed by atoms with Crippen LogP contribution >= 0.6 is 0 Å². The number of nitrogens with zero attached hydrogens (tertiary/aromatic N) is 1. The zero-order valence-electron chi connectivity index (χ0n) is 10.8. The van der Waals surface area contributed by atoms with Crippen molar-refractivity contribution in [1.29, 1.82) is 5.26 Å². The van der Waals surface area contributed by atoms with Crippen LogP contribution in [-0.2, 0) is 9.53 Å². The van der Waals surface area contributed by atoms with Gasteiger partial charge in [-0.05, 0) is 24.6 Å². The molecule has 100 valence electrons. The van der Waals surface area contributed by atoms with Gasteiger partial charge < -0.3 is 15.8 Å². The van der Waals surface area contributed by atoms with Gasteiger partial charge in [0.15, 0.2) is 0 Å². The summed E-state index contributed by atoms with van der Waals surface area (Å²) in [7, 11) is 0. The molecule has 0 saturated carbocycles. The molecular weight excluding hydrogens is 242 g/mol. The maximum atomic E-state index is 12.0. The summed E-state index contributed by atoms with van der Waals surface area (Å²) < 4.78 is 5.19. The topological polar surface area (TPSA) is 88.1 Å². The van der Waals surface area contributed by atoms with E-state index >= 15 is 0 Å². The van der Waals surface area contributed by atoms with Gasteiger partial charge in [-0.25, -0.2) is 0 Å². The lowest BCUT2D eigenvalue weighted by molar-refractivity contribution is -0.125. The molecule has 1 fully saturated rings. The number of hydrogen-bond acceptors (Lipinski definition) is 4. The van der Waals surface area contributed by atoms with Gasteiger partial charge in [-0.15, -0.1) is 0 Å². The van der Waals surface area contributed by atoms with Crippen LogP contribution in [0.1, 0.15) is 24.1 Å². The van der Waals surface area contributed by atoms with Crippen molar-refractivity contribution < 1.29 is 9.53 Å². The number of nitriles is 1. The second kappa shape index (κ2) is 5.83. The zero-order chi connectivity index (χ0) is 13.8. The molecule has 1 amide bonds. The smallest absolute Gasteiger partial charge is 0.227 e. The second-order valence-electron chi connectivity index (χ2n) is 4.77. The van der Waals surface area contributed by atoms with Crippen molar-refractivity contribution in [3.05, 3.63) is 35.4 Å². The van der Waals surface area contributed by atoms with Crippen LogP contribution in [0.2, 0.25) is 0 Å². The Morgan fingerprint density at radius 3 is 2.68 bits per heavy atom. The number of ether oxygens (including phenoxy) is 1. The molecule has 1 saturated heterocycles. The number of amides is 1. The summed E-state index contributed by atoms with van der Waals surface area (Å²) in [6.45, 7) is 2.72. The summed E-state index contributed by atoms with van der Waals surface area (Å²) in [6, 6.07) is 8.88. The SMILES string of the molecule is CC(NC(=O)C1COCC1N)c1ccc(C#N)cc1. The Morgan fingerprint density at radius 1 is 1.47 bits per heavy atom. The quantitative estimate of drug-likeness (QED) is 0.836. The van der Waals surface area contributed by atoms with Crippen molar-refractivity contribution in [3.8, 4) is 6.07 Å². The van der Waals surface area contributed by atoms with Crippen LogP contribution in [0.15, 0.2) is 24.3 Å². The molecule has 0 aromatic heterocycles. The number of benzene rings is 1. The summed E-state index contributed by atoms with van der Waals surface area (Å²) in [5, 5.41) is 11.7. The van der Waals surface area contributed by atoms with E-state index in [1.54, 1.807) is 12.1 Å². The lowest BCUT2D eigenvalue weighted by Gasteiger charge is -2.18. The average molecular weight is 259 g/mol. The molecule has 1 aliphatic rings. The summed E-state index contributed by atoms with van der Waals surface area (Å²) >= 11 is 0. The van der Waals surface area contributed by atoms with E-state index in [-0.39, 0.29) is 23.9 Å². The van der Waals surface area contributed by atoms with Gasteiger partial charge in [0, 0.05) is 6.04 Å². The number of carbonyl (C=O) groups is 1. The summed E-state index contributed by atoms with van der Waals surface area (Å²) in [5.74, 6) is -0.359. The molecule has 2 rings (SSSR count). The summed E-state index contributed by atoms with van der Waals surface area (Å²) in [5.41, 5.74) is 7.37. The van der Waals surface area contributed by atoms with Gasteiger partial charge in [-0.2, -0.15) is 5.26 Å². The number of hydrogen-bond donors (Lipinski definition) is 2. The highest BCUT2D eigenvalue weighted by Crippen LogP contribution is 2.16. The number of nitrogens with one attached hydrogen (secondary N) is 1. The fourth-order valence-corrected chi connectivity index (χ4v) is 2.09. The van der Waals surface area contributed by atoms with Crippen molar-refractivity contribution in [2.45, 2.75) is 19.0 Å². The van der Waals surface area contributed by atoms with Gasteiger partial charge in [-0.3, -0.25) is 4.79 Å². The predicted molar refractivity (Wildman–Crippen MR) is 70.0 cm³/mol. The highest BCUT2D eigenvalue weighted by molar-refractivity contribution is 5.80. The van der Waals surface area contributed by atoms with Crippen LogP contribution in [0.4, 0.5) is 0 Å². The third kappa shape index (κ3) is 3.11. The minimum absolute atomic E-state index is 0.0816. The van der Waals surface area contributed by atoms with Crippen LogP contribution in [0.25, 0.3) is 0 Å². The van der Waals surface area contributed by atoms with Crippen molar-refractivity contribution in [3.63, 3.8) is 0 Å². The number of nitrogens with two attached hydrogens (primary N) is 1. The van der Waals surface area contributed by atoms with E-state index in [1.807, 2.05) is 19.1 Å². The van der Waals surface area contributed by atoms with Gasteiger partial charge in [0.05, 0.1) is 36.8 Å². The fourth-order valence-electron chi connectivity index (χ4n) is 2.09. The van der Waals surface area contributed by atoms with E-state index in [9.17, 15) is 4.79 Å². The highest BCUT2D eigenvalue weighted by atomic mass is 16.5. The lowest BCUT2D eigenvalue weighted by Crippen LogP contribution is -2.41. The average Bonchev–Trinajstić information content (AvgIpc) is 2.85. The molecule has 0 radical (unpaired) electrons. The zero-order valence-corrected chi connectivity index (χ0v) is 10.8. The van der Waals surface area contributed by atoms with E-state index in [0.29, 0.717) is 18.8 Å². The molecule has 1 heterocycles. The third-order valence-corrected chi connectivity index (χ3v) is 3.36. The van der Waals surface area contributed by atoms with Crippen LogP contribution in [-0.4, -0.2) is 25.2 Å². The van der Waals surface area contributed by atoms with E-state index in [1.165, 1.54) is 0 Å². The van der Waals surface area contributed by atoms with E-state index in [0.717, 1.165) is 5.56 Å². The molecule has 0 spiro atoms. The molecule has 19 heavy (non-hydrogen) atoms. The molecule has 5 heteroatoms. The van der Waals surface area contributed by atoms with E-state index in [4.69, 9.17) is 15.7 Å². The van der Waals surface area contributed by atoms with Crippen molar-refractivity contribution in [2.75, 3.05) is 13.2 Å². The van der Waals surface area contributed by atoms with E-state index < -0.39 is 0 Å². The Bertz CT molecular complexity index is 492. The Labute approximate surface area is 112 Å². The molecule has 1 aliphatic heterocycles. The monoisotopic (exact) mass is 259 g/mol. The lowest BCUT2D eigenvalue weighted by atomic mass is 10.0. The second-order valence-corrected chi connectivity index (χ2v) is 4.77. The predicted octanol–water partition coefficient (Wildman–Crippen LogP) is 0.709. The first kappa shape index (κ1) is 13.5. The van der Waals surface area contributed by atoms with E-state index in [2.05, 4.69) is 11.4 Å². The first-order valence-corrected chi connectivity index (χ1v) is 6.25. The minimum Gasteiger partial charge on any atom is -0.379 e. The highest BCUT2D eigenvalue weighted by Gasteiger charge is 2.31. The van der Waals surface area contributed by atoms with Crippen molar-refractivity contribution in [2.24, 2.45) is 11.7 Å². The number of rotatable bonds is 3. The van der Waals surface area contributed by atoms with Gasteiger partial charge in [0.25, 0.3) is 0 Å². The molecule has 1 aromatic rings. The Balaban J connectivity index is 1.98. The molecule has 3 unspecified atom stereocenters. The minimum atomic E-state index is -0.277. The van der Waals surface area contributed by atoms with Crippen LogP contribution in [0, 0.1) is 17.2 Å². The maximum Gasteiger partial charge on any atom is 0.227 e. The number of carbonyl (C=O) groups excluding carboxylic acids is 1. The molecule has 3 atom stereocenters. The van der Waals surface area contributed by atoms with Gasteiger partial charge in [-0.1, -0.05) is 12.1 Å². The molecule has 0 bridgehead atoms. The van der Waals surface area contributed by atoms with Crippen molar-refractivity contribution in [1.82, 2.24) is 5.32 Å². The molecule has 3 N–H and O–H groups in total. The summed E-state index contributed by atoms with van der Waals surface area (Å²) in [6.07, 6.45) is 0. The fraction of sp³-hybridized carbons (Fsp3) is 0.429. The van der Waals surface area contributed by atoms with Gasteiger partial charge >= 0.3 is 0 Å². The van der Waals surface area contributed by atoms with Gasteiger partial charge in [0.2, 0.25) is 5.91 Å². The standard InChI is InChI=1S/C14H17N3O2/c1-9(11-4-2-10(6-15)3-5-11)17-14(18)12-7-19-8-13(12)16/h2-5,9,12-13H,7-8,16H2,1H3,(H,17,18). The Morgan fingerprint density at radius 2 is 2.16 bits per heavy atom. The Hall–Kier alpha value is -1.90. The summed E-state index contributed by atoms with van der Waals surface area (Å²) in [4.78, 5) is 12.0. The Kier molecular flexibility index (Phi) is 4.15. The normalized spacial score (nSPS) is 23.6.